The molecule has 0 aromatic carbocycles. The second-order valence-corrected chi connectivity index (χ2v) is 22.3. The number of hydrogen-bond donors (Lipinski definition) is 0. The molecule has 0 aliphatic heterocycles. The fourth-order valence-corrected chi connectivity index (χ4v) is 9.26. The predicted octanol–water partition coefficient (Wildman–Crippen LogP) is 13.3. The van der Waals surface area contributed by atoms with Crippen LogP contribution in [0, 0.1) is 11.8 Å². The lowest BCUT2D eigenvalue weighted by atomic mass is 10.1. The summed E-state index contributed by atoms with van der Waals surface area (Å²) in [7, 11) is 3.73. The summed E-state index contributed by atoms with van der Waals surface area (Å²) in [5.74, 6) is -10.2. The van der Waals surface area contributed by atoms with Crippen molar-refractivity contribution >= 4 is 47.7 Å². The Kier molecular flexibility index (Phi) is 50.9. The fourth-order valence-electron chi connectivity index (χ4n) is 9.26. The van der Waals surface area contributed by atoms with Gasteiger partial charge in [-0.25, -0.2) is 0 Å². The number of carbonyl (C=O) groups excluding carboxylic acids is 8. The molecule has 17 nitrogen and oxygen atoms in total. The number of ether oxygens (including phenoxy) is 7. The molecule has 3 unspecified atom stereocenters. The standard InChI is InChI=1S/C64H116N2O15/c1-9-15-20-25-27-29-31-36-45-75-59(69)49-55(61(71)77-47-34-23-18-12-4)63(73)79-51-53(66(44-38-43-65(7)8)57(67)41-42-58(68)81-54(39-14-6)40-33-22-17-11-3)52-80-64(74)56(62(72)78-48-35-24-19-13-5)50-60(70)76-46-37-32-30-28-26-21-16-10-2/h53-56H,9-52H2,1-8H3. The normalized spacial score (nSPS) is 12.7. The second-order valence-electron chi connectivity index (χ2n) is 22.3. The molecule has 0 saturated heterocycles. The Morgan fingerprint density at radius 3 is 1.10 bits per heavy atom. The molecule has 472 valence electrons. The van der Waals surface area contributed by atoms with Gasteiger partial charge in [-0.05, 0) is 72.0 Å². The van der Waals surface area contributed by atoms with Crippen LogP contribution in [-0.4, -0.2) is 136 Å². The van der Waals surface area contributed by atoms with Crippen LogP contribution in [0.1, 0.15) is 273 Å². The van der Waals surface area contributed by atoms with Gasteiger partial charge in [0.05, 0.1) is 51.7 Å². The average molecular weight is 1150 g/mol. The van der Waals surface area contributed by atoms with Crippen LogP contribution >= 0.6 is 0 Å². The molecule has 0 heterocycles. The van der Waals surface area contributed by atoms with Crippen molar-refractivity contribution in [3.05, 3.63) is 0 Å². The van der Waals surface area contributed by atoms with Crippen molar-refractivity contribution in [2.75, 3.05) is 66.8 Å². The Hall–Kier alpha value is -4.28. The van der Waals surface area contributed by atoms with Gasteiger partial charge in [0.25, 0.3) is 0 Å². The van der Waals surface area contributed by atoms with Gasteiger partial charge in [-0.15, -0.1) is 0 Å². The first-order valence-corrected chi connectivity index (χ1v) is 32.3. The first-order chi connectivity index (χ1) is 39.2. The third kappa shape index (κ3) is 43.1. The molecule has 3 atom stereocenters. The number of esters is 7. The highest BCUT2D eigenvalue weighted by atomic mass is 16.6. The molecule has 0 saturated carbocycles. The zero-order valence-electron chi connectivity index (χ0n) is 52.4. The number of unbranched alkanes of at least 4 members (excludes halogenated alkanes) is 23. The summed E-state index contributed by atoms with van der Waals surface area (Å²) in [4.78, 5) is 113. The lowest BCUT2D eigenvalue weighted by Crippen LogP contribution is -2.48. The van der Waals surface area contributed by atoms with E-state index in [0.717, 1.165) is 128 Å². The molecule has 0 N–H and O–H groups in total. The molecule has 0 aliphatic carbocycles. The number of hydrogen-bond acceptors (Lipinski definition) is 16. The summed E-state index contributed by atoms with van der Waals surface area (Å²) >= 11 is 0. The molecule has 0 bridgehead atoms. The van der Waals surface area contributed by atoms with Crippen molar-refractivity contribution in [3.8, 4) is 0 Å². The molecule has 0 aliphatic rings. The maximum atomic E-state index is 14.5. The Morgan fingerprint density at radius 1 is 0.346 bits per heavy atom. The van der Waals surface area contributed by atoms with E-state index < -0.39 is 91.6 Å². The van der Waals surface area contributed by atoms with Crippen LogP contribution in [0.5, 0.6) is 0 Å². The Labute approximate surface area is 490 Å². The van der Waals surface area contributed by atoms with Gasteiger partial charge < -0.3 is 43.0 Å². The van der Waals surface area contributed by atoms with Crippen LogP contribution in [0.2, 0.25) is 0 Å². The minimum absolute atomic E-state index is 0.0260. The van der Waals surface area contributed by atoms with E-state index in [2.05, 4.69) is 34.6 Å². The highest BCUT2D eigenvalue weighted by Crippen LogP contribution is 2.20. The van der Waals surface area contributed by atoms with Gasteiger partial charge in [-0.3, -0.25) is 38.4 Å². The average Bonchev–Trinajstić information content (AvgIpc) is 3.45. The van der Waals surface area contributed by atoms with E-state index in [4.69, 9.17) is 33.2 Å². The van der Waals surface area contributed by atoms with Crippen molar-refractivity contribution in [2.24, 2.45) is 11.8 Å². The van der Waals surface area contributed by atoms with Gasteiger partial charge >= 0.3 is 41.8 Å². The number of rotatable bonds is 56. The zero-order valence-corrected chi connectivity index (χ0v) is 52.4. The molecular weight excluding hydrogens is 1040 g/mol. The molecule has 0 rings (SSSR count). The first kappa shape index (κ1) is 76.7. The minimum atomic E-state index is -1.70. The van der Waals surface area contributed by atoms with Crippen molar-refractivity contribution in [2.45, 2.75) is 285 Å². The summed E-state index contributed by atoms with van der Waals surface area (Å²) in [5.41, 5.74) is 0. The smallest absolute Gasteiger partial charge is 0.321 e. The summed E-state index contributed by atoms with van der Waals surface area (Å²) in [5, 5.41) is 0. The first-order valence-electron chi connectivity index (χ1n) is 32.3. The van der Waals surface area contributed by atoms with E-state index in [0.29, 0.717) is 45.1 Å². The van der Waals surface area contributed by atoms with Crippen LogP contribution in [0.4, 0.5) is 0 Å². The van der Waals surface area contributed by atoms with Crippen molar-refractivity contribution < 1.29 is 71.5 Å². The molecule has 0 aromatic heterocycles. The van der Waals surface area contributed by atoms with Crippen LogP contribution in [-0.2, 0) is 71.5 Å². The number of carbonyl (C=O) groups is 8. The third-order valence-electron chi connectivity index (χ3n) is 14.3. The van der Waals surface area contributed by atoms with Gasteiger partial charge in [0.15, 0.2) is 11.8 Å². The van der Waals surface area contributed by atoms with E-state index >= 15 is 0 Å². The van der Waals surface area contributed by atoms with E-state index in [9.17, 15) is 38.4 Å². The summed E-state index contributed by atoms with van der Waals surface area (Å²) in [6.45, 7) is 12.2. The number of nitrogens with zero attached hydrogens (tertiary/aromatic N) is 2. The van der Waals surface area contributed by atoms with E-state index in [-0.39, 0.29) is 51.9 Å². The largest absolute Gasteiger partial charge is 0.466 e. The Morgan fingerprint density at radius 2 is 0.704 bits per heavy atom. The summed E-state index contributed by atoms with van der Waals surface area (Å²) in [6, 6.07) is -1.23. The van der Waals surface area contributed by atoms with Crippen LogP contribution in [0.3, 0.4) is 0 Å². The summed E-state index contributed by atoms with van der Waals surface area (Å²) in [6.07, 6.45) is 27.7. The van der Waals surface area contributed by atoms with Gasteiger partial charge in [-0.1, -0.05) is 196 Å². The van der Waals surface area contributed by atoms with Gasteiger partial charge in [0.1, 0.15) is 19.3 Å². The van der Waals surface area contributed by atoms with Crippen LogP contribution in [0.15, 0.2) is 0 Å². The topological polar surface area (TPSA) is 208 Å². The highest BCUT2D eigenvalue weighted by Gasteiger charge is 2.37. The Balaban J connectivity index is 6.87. The molecule has 0 spiro atoms. The highest BCUT2D eigenvalue weighted by molar-refractivity contribution is 5.99. The maximum Gasteiger partial charge on any atom is 0.321 e. The second kappa shape index (κ2) is 53.7. The molecule has 81 heavy (non-hydrogen) atoms. The van der Waals surface area contributed by atoms with E-state index in [1.807, 2.05) is 25.9 Å². The molecule has 0 fully saturated rings. The fraction of sp³-hybridized carbons (Fsp3) is 0.875. The maximum absolute atomic E-state index is 14.5. The van der Waals surface area contributed by atoms with Crippen LogP contribution in [0.25, 0.3) is 0 Å². The molecule has 0 aromatic rings. The molecule has 0 radical (unpaired) electrons. The minimum Gasteiger partial charge on any atom is -0.466 e. The molecule has 17 heteroatoms. The number of amides is 1. The predicted molar refractivity (Wildman–Crippen MR) is 317 cm³/mol. The van der Waals surface area contributed by atoms with Gasteiger partial charge in [0.2, 0.25) is 5.91 Å². The lowest BCUT2D eigenvalue weighted by molar-refractivity contribution is -0.171. The van der Waals surface area contributed by atoms with Crippen molar-refractivity contribution in [3.63, 3.8) is 0 Å². The Bertz CT molecular complexity index is 1560. The lowest BCUT2D eigenvalue weighted by Gasteiger charge is -2.32. The SMILES string of the molecule is CCCCCCCCCCOC(=O)CC(C(=O)OCCCCCC)C(=O)OCC(COC(=O)C(CC(=O)OCCCCCCCCCC)C(=O)OCCCCCC)N(CCCN(C)C)C(=O)CCC(=O)OC(CCC)CCCCCC. The zero-order chi connectivity index (χ0) is 60.1. The van der Waals surface area contributed by atoms with Gasteiger partial charge in [0, 0.05) is 13.0 Å². The molecular formula is C64H116N2O15. The van der Waals surface area contributed by atoms with Gasteiger partial charge in [-0.2, -0.15) is 0 Å². The van der Waals surface area contributed by atoms with E-state index in [1.54, 1.807) is 0 Å². The monoisotopic (exact) mass is 1150 g/mol. The van der Waals surface area contributed by atoms with E-state index in [1.165, 1.54) is 43.4 Å². The molecule has 1 amide bonds. The van der Waals surface area contributed by atoms with Crippen molar-refractivity contribution in [1.82, 2.24) is 9.80 Å². The van der Waals surface area contributed by atoms with Crippen molar-refractivity contribution in [1.29, 1.82) is 0 Å². The quantitative estimate of drug-likeness (QED) is 0.0240. The summed E-state index contributed by atoms with van der Waals surface area (Å²) < 4.78 is 39.6. The third-order valence-corrected chi connectivity index (χ3v) is 14.3. The van der Waals surface area contributed by atoms with Crippen LogP contribution < -0.4 is 0 Å².